The summed E-state index contributed by atoms with van der Waals surface area (Å²) in [5.41, 5.74) is 2.01. The van der Waals surface area contributed by atoms with Crippen LogP contribution in [0.4, 0.5) is 5.69 Å². The van der Waals surface area contributed by atoms with Gasteiger partial charge in [0.15, 0.2) is 0 Å². The summed E-state index contributed by atoms with van der Waals surface area (Å²) >= 11 is 3.47. The number of carbonyl (C=O) groups is 2. The third-order valence-corrected chi connectivity index (χ3v) is 7.61. The quantitative estimate of drug-likeness (QED) is 0.308. The van der Waals surface area contributed by atoms with Gasteiger partial charge in [-0.1, -0.05) is 58.4 Å². The van der Waals surface area contributed by atoms with Crippen LogP contribution in [0.2, 0.25) is 0 Å². The maximum atomic E-state index is 14.0. The molecule has 0 aliphatic carbocycles. The molecule has 0 heterocycles. The molecule has 0 aliphatic heterocycles. The molecular formula is C29H34BrN3O5S. The zero-order valence-electron chi connectivity index (χ0n) is 22.3. The van der Waals surface area contributed by atoms with E-state index >= 15 is 0 Å². The van der Waals surface area contributed by atoms with Crippen LogP contribution >= 0.6 is 15.9 Å². The molecule has 8 nitrogen and oxygen atoms in total. The highest BCUT2D eigenvalue weighted by molar-refractivity contribution is 9.10. The Morgan fingerprint density at radius 2 is 1.62 bits per heavy atom. The molecule has 2 amide bonds. The van der Waals surface area contributed by atoms with Gasteiger partial charge >= 0.3 is 0 Å². The summed E-state index contributed by atoms with van der Waals surface area (Å²) in [5.74, 6) is -0.213. The van der Waals surface area contributed by atoms with E-state index in [1.54, 1.807) is 24.3 Å². The Morgan fingerprint density at radius 1 is 0.949 bits per heavy atom. The molecule has 1 N–H and O–H groups in total. The number of nitrogens with one attached hydrogen (secondary N) is 1. The standard InChI is InChI=1S/C29H34BrN3O5S/c1-4-31-29(35)27(19-22-10-7-6-8-11-22)32(20-23-12-9-13-24(30)18-23)28(34)21-33(39(3,36)37)25-14-16-26(17-15-25)38-5-2/h6-18,27H,4-5,19-21H2,1-3H3,(H,31,35)/t27-/m1/s1. The highest BCUT2D eigenvalue weighted by Gasteiger charge is 2.32. The van der Waals surface area contributed by atoms with Gasteiger partial charge in [-0.15, -0.1) is 0 Å². The van der Waals surface area contributed by atoms with Crippen molar-refractivity contribution in [2.45, 2.75) is 32.9 Å². The summed E-state index contributed by atoms with van der Waals surface area (Å²) in [6.07, 6.45) is 1.33. The van der Waals surface area contributed by atoms with E-state index in [1.165, 1.54) is 4.90 Å². The van der Waals surface area contributed by atoms with Crippen LogP contribution in [-0.4, -0.2) is 57.1 Å². The molecule has 208 valence electrons. The summed E-state index contributed by atoms with van der Waals surface area (Å²) in [4.78, 5) is 28.8. The number of hydrogen-bond acceptors (Lipinski definition) is 5. The molecule has 0 unspecified atom stereocenters. The van der Waals surface area contributed by atoms with Gasteiger partial charge in [-0.05, 0) is 61.4 Å². The summed E-state index contributed by atoms with van der Waals surface area (Å²) < 4.78 is 33.0. The number of nitrogens with zero attached hydrogens (tertiary/aromatic N) is 2. The summed E-state index contributed by atoms with van der Waals surface area (Å²) in [6, 6.07) is 22.6. The molecule has 3 aromatic rings. The smallest absolute Gasteiger partial charge is 0.244 e. The fraction of sp³-hybridized carbons (Fsp3) is 0.310. The van der Waals surface area contributed by atoms with Crippen LogP contribution in [0.1, 0.15) is 25.0 Å². The first-order valence-electron chi connectivity index (χ1n) is 12.7. The molecule has 3 aromatic carbocycles. The number of amides is 2. The predicted octanol–water partition coefficient (Wildman–Crippen LogP) is 4.39. The number of likely N-dealkylation sites (N-methyl/N-ethyl adjacent to an activating group) is 1. The molecule has 39 heavy (non-hydrogen) atoms. The maximum Gasteiger partial charge on any atom is 0.244 e. The first kappa shape index (κ1) is 30.2. The fourth-order valence-electron chi connectivity index (χ4n) is 4.17. The van der Waals surface area contributed by atoms with E-state index in [0.717, 1.165) is 26.2 Å². The van der Waals surface area contributed by atoms with E-state index in [9.17, 15) is 18.0 Å². The van der Waals surface area contributed by atoms with Crippen molar-refractivity contribution >= 4 is 43.5 Å². The second-order valence-electron chi connectivity index (χ2n) is 8.95. The lowest BCUT2D eigenvalue weighted by molar-refractivity contribution is -0.140. The number of hydrogen-bond donors (Lipinski definition) is 1. The SMILES string of the molecule is CCNC(=O)[C@@H](Cc1ccccc1)N(Cc1cccc(Br)c1)C(=O)CN(c1ccc(OCC)cc1)S(C)(=O)=O. The molecule has 0 aromatic heterocycles. The Labute approximate surface area is 239 Å². The maximum absolute atomic E-state index is 14.0. The Bertz CT molecular complexity index is 1350. The lowest BCUT2D eigenvalue weighted by Gasteiger charge is -2.33. The van der Waals surface area contributed by atoms with Crippen LogP contribution in [0.3, 0.4) is 0 Å². The second-order valence-corrected chi connectivity index (χ2v) is 11.8. The van der Waals surface area contributed by atoms with E-state index in [2.05, 4.69) is 21.2 Å². The van der Waals surface area contributed by atoms with Crippen molar-refractivity contribution in [2.24, 2.45) is 0 Å². The van der Waals surface area contributed by atoms with Crippen molar-refractivity contribution in [3.8, 4) is 5.75 Å². The zero-order chi connectivity index (χ0) is 28.4. The average molecular weight is 617 g/mol. The van der Waals surface area contributed by atoms with Crippen LogP contribution in [-0.2, 0) is 32.6 Å². The molecule has 0 saturated carbocycles. The lowest BCUT2D eigenvalue weighted by Crippen LogP contribution is -2.53. The number of rotatable bonds is 13. The van der Waals surface area contributed by atoms with Crippen molar-refractivity contribution in [3.63, 3.8) is 0 Å². The average Bonchev–Trinajstić information content (AvgIpc) is 2.90. The number of carbonyl (C=O) groups excluding carboxylic acids is 2. The third kappa shape index (κ3) is 8.83. The molecule has 0 spiro atoms. The summed E-state index contributed by atoms with van der Waals surface area (Å²) in [6.45, 7) is 4.19. The number of ether oxygens (including phenoxy) is 1. The number of sulfonamides is 1. The molecule has 3 rings (SSSR count). The Hall–Kier alpha value is -3.37. The first-order chi connectivity index (χ1) is 18.6. The molecular weight excluding hydrogens is 582 g/mol. The number of halogens is 1. The molecule has 0 bridgehead atoms. The van der Waals surface area contributed by atoms with Gasteiger partial charge in [-0.25, -0.2) is 8.42 Å². The van der Waals surface area contributed by atoms with Gasteiger partial charge in [-0.2, -0.15) is 0 Å². The van der Waals surface area contributed by atoms with Gasteiger partial charge in [-0.3, -0.25) is 13.9 Å². The van der Waals surface area contributed by atoms with Crippen LogP contribution in [0, 0.1) is 0 Å². The zero-order valence-corrected chi connectivity index (χ0v) is 24.7. The minimum Gasteiger partial charge on any atom is -0.494 e. The van der Waals surface area contributed by atoms with Crippen LogP contribution in [0.15, 0.2) is 83.3 Å². The Kier molecular flexibility index (Phi) is 10.9. The first-order valence-corrected chi connectivity index (χ1v) is 15.3. The lowest BCUT2D eigenvalue weighted by atomic mass is 10.0. The van der Waals surface area contributed by atoms with E-state index in [4.69, 9.17) is 4.74 Å². The van der Waals surface area contributed by atoms with Gasteiger partial charge in [0.25, 0.3) is 0 Å². The second kappa shape index (κ2) is 14.1. The Morgan fingerprint density at radius 3 is 2.21 bits per heavy atom. The third-order valence-electron chi connectivity index (χ3n) is 5.98. The van der Waals surface area contributed by atoms with E-state index in [-0.39, 0.29) is 18.9 Å². The van der Waals surface area contributed by atoms with Gasteiger partial charge in [0.05, 0.1) is 18.6 Å². The van der Waals surface area contributed by atoms with Crippen molar-refractivity contribution < 1.29 is 22.7 Å². The summed E-state index contributed by atoms with van der Waals surface area (Å²) in [7, 11) is -3.83. The van der Waals surface area contributed by atoms with Crippen LogP contribution in [0.5, 0.6) is 5.75 Å². The Balaban J connectivity index is 2.01. The predicted molar refractivity (Wildman–Crippen MR) is 157 cm³/mol. The van der Waals surface area contributed by atoms with E-state index in [0.29, 0.717) is 24.6 Å². The molecule has 1 atom stereocenters. The van der Waals surface area contributed by atoms with Crippen molar-refractivity contribution in [2.75, 3.05) is 30.3 Å². The molecule has 0 saturated heterocycles. The highest BCUT2D eigenvalue weighted by atomic mass is 79.9. The summed E-state index contributed by atoms with van der Waals surface area (Å²) in [5, 5.41) is 2.84. The van der Waals surface area contributed by atoms with Crippen LogP contribution < -0.4 is 14.4 Å². The van der Waals surface area contributed by atoms with Gasteiger partial charge < -0.3 is 15.0 Å². The van der Waals surface area contributed by atoms with Gasteiger partial charge in [0.2, 0.25) is 21.8 Å². The fourth-order valence-corrected chi connectivity index (χ4v) is 5.46. The van der Waals surface area contributed by atoms with Crippen molar-refractivity contribution in [3.05, 3.63) is 94.5 Å². The molecule has 0 fully saturated rings. The van der Waals surface area contributed by atoms with Crippen molar-refractivity contribution in [1.29, 1.82) is 0 Å². The highest BCUT2D eigenvalue weighted by Crippen LogP contribution is 2.23. The largest absolute Gasteiger partial charge is 0.494 e. The minimum absolute atomic E-state index is 0.119. The molecule has 10 heteroatoms. The number of benzene rings is 3. The monoisotopic (exact) mass is 615 g/mol. The topological polar surface area (TPSA) is 96.0 Å². The van der Waals surface area contributed by atoms with E-state index in [1.807, 2.05) is 68.4 Å². The van der Waals surface area contributed by atoms with Gasteiger partial charge in [0, 0.05) is 24.0 Å². The number of anilines is 1. The van der Waals surface area contributed by atoms with Crippen molar-refractivity contribution in [1.82, 2.24) is 10.2 Å². The minimum atomic E-state index is -3.83. The normalized spacial score (nSPS) is 11.9. The van der Waals surface area contributed by atoms with E-state index < -0.39 is 28.5 Å². The molecule has 0 aliphatic rings. The molecule has 0 radical (unpaired) electrons. The van der Waals surface area contributed by atoms with Crippen LogP contribution in [0.25, 0.3) is 0 Å². The van der Waals surface area contributed by atoms with Gasteiger partial charge in [0.1, 0.15) is 18.3 Å².